The molecule has 32 heteroatoms. The molecule has 10 N–H and O–H groups in total. The Hall–Kier alpha value is -6.64. The molecule has 4 saturated heterocycles. The Morgan fingerprint density at radius 1 is 0.450 bits per heavy atom. The summed E-state index contributed by atoms with van der Waals surface area (Å²) in [7, 11) is 2.90. The molecular weight excluding hydrogens is 1570 g/mol. The van der Waals surface area contributed by atoms with Crippen molar-refractivity contribution < 1.29 is 156 Å². The fourth-order valence-electron chi connectivity index (χ4n) is 23.4. The van der Waals surface area contributed by atoms with E-state index in [2.05, 4.69) is 26.0 Å². The molecule has 6 saturated carbocycles. The third-order valence-electron chi connectivity index (χ3n) is 30.1. The van der Waals surface area contributed by atoms with Crippen LogP contribution in [0.3, 0.4) is 0 Å². The second-order valence-electron chi connectivity index (χ2n) is 36.4. The third-order valence-corrected chi connectivity index (χ3v) is 30.1. The number of hydrogen-bond acceptors (Lipinski definition) is 32. The first kappa shape index (κ1) is 89.6. The van der Waals surface area contributed by atoms with Gasteiger partial charge in [0.25, 0.3) is 0 Å². The number of carbonyl (C=O) groups is 6. The van der Waals surface area contributed by atoms with Crippen molar-refractivity contribution in [2.24, 2.45) is 69.0 Å². The predicted octanol–water partition coefficient (Wildman–Crippen LogP) is 4.69. The van der Waals surface area contributed by atoms with Gasteiger partial charge in [-0.2, -0.15) is 0 Å². The van der Waals surface area contributed by atoms with Crippen molar-refractivity contribution in [1.29, 1.82) is 0 Å². The highest BCUT2D eigenvalue weighted by molar-refractivity contribution is 5.90. The van der Waals surface area contributed by atoms with E-state index in [0.717, 1.165) is 26.7 Å². The van der Waals surface area contributed by atoms with Crippen molar-refractivity contribution >= 4 is 35.8 Å². The minimum atomic E-state index is -2.07. The molecule has 10 fully saturated rings. The minimum absolute atomic E-state index is 0.0401. The van der Waals surface area contributed by atoms with Crippen LogP contribution in [0, 0.1) is 69.0 Å². The number of esters is 6. The first-order valence-corrected chi connectivity index (χ1v) is 42.4. The van der Waals surface area contributed by atoms with E-state index in [9.17, 15) is 70.2 Å². The predicted molar refractivity (Wildman–Crippen MR) is 415 cm³/mol. The summed E-state index contributed by atoms with van der Waals surface area (Å²) in [5, 5.41) is 118. The lowest BCUT2D eigenvalue weighted by molar-refractivity contribution is -0.345. The van der Waals surface area contributed by atoms with E-state index in [1.165, 1.54) is 86.0 Å². The van der Waals surface area contributed by atoms with Crippen LogP contribution < -0.4 is 9.47 Å². The molecule has 14 rings (SSSR count). The average Bonchev–Trinajstić information content (AvgIpc) is 1.51. The average molecular weight is 1690 g/mol. The number of hydrogen-bond donors (Lipinski definition) is 10. The number of carbonyl (C=O) groups excluding carboxylic acids is 6. The Bertz CT molecular complexity index is 3840. The van der Waals surface area contributed by atoms with Crippen LogP contribution in [0.15, 0.2) is 84.0 Å². The number of rotatable bonds is 24. The van der Waals surface area contributed by atoms with E-state index in [1.807, 2.05) is 13.8 Å². The van der Waals surface area contributed by atoms with Crippen LogP contribution in [-0.4, -0.2) is 275 Å². The Balaban J connectivity index is 0.690. The molecule has 8 aliphatic carbocycles. The van der Waals surface area contributed by atoms with E-state index in [-0.39, 0.29) is 83.5 Å². The summed E-state index contributed by atoms with van der Waals surface area (Å²) in [6.45, 7) is 10.9. The molecule has 0 amide bonds. The lowest BCUT2D eigenvalue weighted by Crippen LogP contribution is -2.64. The molecule has 664 valence electrons. The molecule has 2 aromatic carbocycles. The Morgan fingerprint density at radius 3 is 1.15 bits per heavy atom. The Labute approximate surface area is 697 Å². The van der Waals surface area contributed by atoms with Crippen LogP contribution in [0.2, 0.25) is 0 Å². The van der Waals surface area contributed by atoms with Gasteiger partial charge in [0.15, 0.2) is 49.6 Å². The van der Waals surface area contributed by atoms with Crippen LogP contribution in [0.25, 0.3) is 0 Å². The highest BCUT2D eigenvalue weighted by Crippen LogP contribution is 2.71. The smallest absolute Gasteiger partial charge is 0.338 e. The highest BCUT2D eigenvalue weighted by atomic mass is 16.8. The first-order valence-electron chi connectivity index (χ1n) is 42.4. The summed E-state index contributed by atoms with van der Waals surface area (Å²) in [5.41, 5.74) is -4.30. The number of aliphatic hydroxyl groups is 10. The number of fused-ring (bicyclic) bond motifs is 10. The lowest BCUT2D eigenvalue weighted by Gasteiger charge is -2.59. The molecule has 0 radical (unpaired) electrons. The molecule has 32 nitrogen and oxygen atoms in total. The quantitative estimate of drug-likeness (QED) is 0.0387. The minimum Gasteiger partial charge on any atom is -0.497 e. The summed E-state index contributed by atoms with van der Waals surface area (Å²) in [4.78, 5) is 83.7. The maximum absolute atomic E-state index is 15.0. The van der Waals surface area contributed by atoms with Crippen molar-refractivity contribution in [2.75, 3.05) is 53.9 Å². The standard InChI is InChI=1S/C88H120O32/c1-43(87(103)65(37-59-55-23-17-49-35-51(91)25-29-83(49,5)57(55)27-31-85(59,87)7)115-81-73(113-45(3)89)69(63(95)41-111-81)119-79-71(67(97)61(93)39-109-79)117-77(101)47-13-19-53(105-9)20-14-47)75(99)107-33-11-12-34-108-76(100)44(2)88(104)66(38-60-56-24-18-50-36-52(92)26-30-84(50,6)58(56)28-32-86(60,88)8)116-82-74(114-46(4)90)70(64(96)42-112-82)120-80-72(68(98)62(94)40-110-80)118-78(102)48-15-21-54(106-10)22-16-48/h11-22,43-44,51-52,55-74,79-82,91-98,103-104H,23-42H2,1-10H3/b12-11+/t43-,44-,51+,52+,55-,56-,57+,58+,59+,60+,61-,62-,63+,64+,65+,66+,67+,68+,69+,70+,71-,72-,73-,74-,79+,80+,81+,82+,83+,84+,85+,86+,87-,88-/m1/s1. The van der Waals surface area contributed by atoms with Crippen LogP contribution in [0.1, 0.15) is 166 Å². The largest absolute Gasteiger partial charge is 0.497 e. The summed E-state index contributed by atoms with van der Waals surface area (Å²) in [6, 6.07) is 11.8. The van der Waals surface area contributed by atoms with Crippen molar-refractivity contribution in [3.05, 3.63) is 95.1 Å². The fourth-order valence-corrected chi connectivity index (χ4v) is 23.4. The van der Waals surface area contributed by atoms with Gasteiger partial charge >= 0.3 is 35.8 Å². The van der Waals surface area contributed by atoms with Crippen LogP contribution in [-0.2, 0) is 85.5 Å². The third kappa shape index (κ3) is 16.5. The maximum Gasteiger partial charge on any atom is 0.338 e. The summed E-state index contributed by atoms with van der Waals surface area (Å²) < 4.78 is 96.6. The molecule has 0 bridgehead atoms. The van der Waals surface area contributed by atoms with Gasteiger partial charge in [0, 0.05) is 24.7 Å². The number of ether oxygens (including phenoxy) is 16. The maximum atomic E-state index is 15.0. The second kappa shape index (κ2) is 35.8. The molecule has 120 heavy (non-hydrogen) atoms. The number of benzene rings is 2. The normalized spacial score (nSPS) is 43.2. The van der Waals surface area contributed by atoms with Crippen LogP contribution in [0.5, 0.6) is 11.5 Å². The van der Waals surface area contributed by atoms with E-state index < -0.39 is 219 Å². The summed E-state index contributed by atoms with van der Waals surface area (Å²) >= 11 is 0. The molecular formula is C88H120O32. The fraction of sp³-hybridized carbons (Fsp3) is 0.727. The van der Waals surface area contributed by atoms with E-state index in [1.54, 1.807) is 13.8 Å². The Morgan fingerprint density at radius 2 is 0.800 bits per heavy atom. The van der Waals surface area contributed by atoms with Crippen molar-refractivity contribution in [1.82, 2.24) is 0 Å². The zero-order chi connectivity index (χ0) is 86.0. The van der Waals surface area contributed by atoms with Crippen LogP contribution in [0.4, 0.5) is 0 Å². The molecule has 2 aromatic rings. The van der Waals surface area contributed by atoms with Crippen LogP contribution >= 0.6 is 0 Å². The second-order valence-corrected chi connectivity index (χ2v) is 36.4. The summed E-state index contributed by atoms with van der Waals surface area (Å²) in [5.74, 6) is -7.51. The van der Waals surface area contributed by atoms with Gasteiger partial charge in [0.05, 0.1) is 88.0 Å². The molecule has 0 aromatic heterocycles. The zero-order valence-corrected chi connectivity index (χ0v) is 69.7. The van der Waals surface area contributed by atoms with Crippen molar-refractivity contribution in [3.8, 4) is 11.5 Å². The van der Waals surface area contributed by atoms with E-state index in [4.69, 9.17) is 75.8 Å². The lowest BCUT2D eigenvalue weighted by atomic mass is 9.46. The van der Waals surface area contributed by atoms with Gasteiger partial charge < -0.3 is 127 Å². The first-order chi connectivity index (χ1) is 57.0. The molecule has 12 aliphatic rings. The number of allylic oxidation sites excluding steroid dienone is 2. The topological polar surface area (TPSA) is 452 Å². The van der Waals surface area contributed by atoms with Crippen molar-refractivity contribution in [2.45, 2.75) is 279 Å². The SMILES string of the molecule is COc1ccc(C(=O)O[C@H]2[C@H](O[C@@H]3[C@@H](OC(C)=O)[C@H](O[C@H]4C[C@H]5[C@@H]6CC=C7C[C@@H](O)CC[C@]7(C)[C@H]6CC[C@]5(C)[C@@]4(O)[C@H](C)C(=O)OC/C=C/COC(=O)[C@@H](C)[C@@]4(O)[C@@H](O[C@@H]5OC[C@H](O)[C@H](O[C@@H]6OC[C@@H](O)[C@H](O)[C@H]6OC(=O)c6ccc(OC)cc6)[C@H]5OC(C)=O)C[C@H]5[C@@H]6CC=C7C[C@@H](O)CC[C@]7(C)[C@H]6CC[C@@]54C)OC[C@@H]3O)OC[C@@H](O)[C@@H]2O)cc1. The van der Waals surface area contributed by atoms with Gasteiger partial charge in [-0.1, -0.05) is 51.0 Å². The van der Waals surface area contributed by atoms with Gasteiger partial charge in [0.2, 0.25) is 0 Å². The van der Waals surface area contributed by atoms with Gasteiger partial charge in [-0.05, 0) is 211 Å². The monoisotopic (exact) mass is 1690 g/mol. The molecule has 4 aliphatic heterocycles. The highest BCUT2D eigenvalue weighted by Gasteiger charge is 2.74. The number of aliphatic hydroxyl groups excluding tert-OH is 8. The van der Waals surface area contributed by atoms with Gasteiger partial charge in [-0.25, -0.2) is 9.59 Å². The molecule has 0 unspecified atom stereocenters. The van der Waals surface area contributed by atoms with Gasteiger partial charge in [0.1, 0.15) is 84.7 Å². The van der Waals surface area contributed by atoms with Gasteiger partial charge in [-0.3, -0.25) is 19.2 Å². The Kier molecular flexibility index (Phi) is 26.7. The summed E-state index contributed by atoms with van der Waals surface area (Å²) in [6.07, 6.45) is -14.9. The van der Waals surface area contributed by atoms with E-state index in [0.29, 0.717) is 75.7 Å². The molecule has 0 spiro atoms. The van der Waals surface area contributed by atoms with Gasteiger partial charge in [-0.15, -0.1) is 0 Å². The van der Waals surface area contributed by atoms with E-state index >= 15 is 9.59 Å². The van der Waals surface area contributed by atoms with Crippen molar-refractivity contribution in [3.63, 3.8) is 0 Å². The molecule has 4 heterocycles. The zero-order valence-electron chi connectivity index (χ0n) is 69.7. The number of methoxy groups -OCH3 is 2. The molecule has 34 atom stereocenters.